The van der Waals surface area contributed by atoms with Gasteiger partial charge in [0.1, 0.15) is 0 Å². The predicted octanol–water partition coefficient (Wildman–Crippen LogP) is 3.89. The maximum Gasteiger partial charge on any atom is 0.344 e. The fourth-order valence-electron chi connectivity index (χ4n) is 0.988. The average molecular weight is 237 g/mol. The molecule has 0 aliphatic heterocycles. The number of carbonyl (C=O) groups is 1. The fraction of sp³-hybridized carbons (Fsp3) is 0.154. The van der Waals surface area contributed by atoms with Gasteiger partial charge in [-0.25, -0.2) is 4.79 Å². The molecular formula is C13H13ClO2. The minimum absolute atomic E-state index is 0.0649. The Kier molecular flexibility index (Phi) is 4.80. The van der Waals surface area contributed by atoms with E-state index in [4.69, 9.17) is 16.3 Å². The van der Waals surface area contributed by atoms with E-state index in [0.29, 0.717) is 5.56 Å². The highest BCUT2D eigenvalue weighted by Gasteiger charge is 2.07. The van der Waals surface area contributed by atoms with Gasteiger partial charge in [0, 0.05) is 0 Å². The van der Waals surface area contributed by atoms with Gasteiger partial charge < -0.3 is 4.74 Å². The summed E-state index contributed by atoms with van der Waals surface area (Å²) in [7, 11) is 0. The first kappa shape index (κ1) is 12.5. The molecule has 2 nitrogen and oxygen atoms in total. The van der Waals surface area contributed by atoms with Crippen LogP contribution in [0.4, 0.5) is 0 Å². The van der Waals surface area contributed by atoms with Gasteiger partial charge in [0.15, 0.2) is 5.22 Å². The van der Waals surface area contributed by atoms with Crippen LogP contribution in [0.25, 0.3) is 0 Å². The highest BCUT2D eigenvalue weighted by atomic mass is 35.5. The molecule has 0 unspecified atom stereocenters. The monoisotopic (exact) mass is 236 g/mol. The van der Waals surface area contributed by atoms with Crippen LogP contribution in [0.2, 0.25) is 0 Å². The van der Waals surface area contributed by atoms with E-state index in [1.807, 2.05) is 19.9 Å². The minimum atomic E-state index is -0.455. The lowest BCUT2D eigenvalue weighted by molar-refractivity contribution is 0.0649. The molecule has 0 atom stereocenters. The SMILES string of the molecule is CC(C)=C/C=C(\Cl)OC(=O)c1ccccc1. The van der Waals surface area contributed by atoms with Crippen molar-refractivity contribution in [2.75, 3.05) is 0 Å². The van der Waals surface area contributed by atoms with Gasteiger partial charge in [-0.2, -0.15) is 0 Å². The lowest BCUT2D eigenvalue weighted by Crippen LogP contribution is -2.02. The molecule has 0 N–H and O–H groups in total. The molecule has 0 aliphatic rings. The van der Waals surface area contributed by atoms with Crippen molar-refractivity contribution in [3.8, 4) is 0 Å². The summed E-state index contributed by atoms with van der Waals surface area (Å²) in [6, 6.07) is 8.72. The molecule has 0 saturated heterocycles. The van der Waals surface area contributed by atoms with Crippen LogP contribution in [0.3, 0.4) is 0 Å². The Morgan fingerprint density at radius 2 is 1.81 bits per heavy atom. The van der Waals surface area contributed by atoms with E-state index in [2.05, 4.69) is 0 Å². The van der Waals surface area contributed by atoms with Crippen LogP contribution >= 0.6 is 11.6 Å². The first-order valence-electron chi connectivity index (χ1n) is 4.87. The van der Waals surface area contributed by atoms with Gasteiger partial charge in [-0.3, -0.25) is 0 Å². The van der Waals surface area contributed by atoms with Gasteiger partial charge in [0.05, 0.1) is 5.56 Å². The Balaban J connectivity index is 2.66. The Bertz CT molecular complexity index is 415. The molecule has 0 saturated carbocycles. The largest absolute Gasteiger partial charge is 0.410 e. The second-order valence-corrected chi connectivity index (χ2v) is 3.84. The number of carbonyl (C=O) groups excluding carboxylic acids is 1. The number of rotatable bonds is 3. The summed E-state index contributed by atoms with van der Waals surface area (Å²) in [5, 5.41) is 0.0649. The number of ether oxygens (including phenoxy) is 1. The van der Waals surface area contributed by atoms with E-state index in [-0.39, 0.29) is 5.22 Å². The highest BCUT2D eigenvalue weighted by molar-refractivity contribution is 6.29. The lowest BCUT2D eigenvalue weighted by atomic mass is 10.2. The topological polar surface area (TPSA) is 26.3 Å². The summed E-state index contributed by atoms with van der Waals surface area (Å²) >= 11 is 5.74. The molecule has 1 aromatic rings. The summed E-state index contributed by atoms with van der Waals surface area (Å²) in [5.74, 6) is -0.455. The molecule has 1 aromatic carbocycles. The van der Waals surface area contributed by atoms with Crippen LogP contribution in [0.15, 0.2) is 53.3 Å². The Morgan fingerprint density at radius 1 is 1.19 bits per heavy atom. The molecule has 16 heavy (non-hydrogen) atoms. The Hall–Kier alpha value is -1.54. The normalized spacial score (nSPS) is 10.8. The average Bonchev–Trinajstić information content (AvgIpc) is 2.27. The number of halogens is 1. The van der Waals surface area contributed by atoms with Crippen molar-refractivity contribution >= 4 is 17.6 Å². The molecule has 0 fully saturated rings. The highest BCUT2D eigenvalue weighted by Crippen LogP contribution is 2.10. The van der Waals surface area contributed by atoms with Crippen LogP contribution in [-0.4, -0.2) is 5.97 Å². The molecule has 0 aromatic heterocycles. The molecule has 0 bridgehead atoms. The first-order chi connectivity index (χ1) is 7.59. The predicted molar refractivity (Wildman–Crippen MR) is 65.2 cm³/mol. The van der Waals surface area contributed by atoms with E-state index in [9.17, 15) is 4.79 Å². The van der Waals surface area contributed by atoms with Crippen molar-refractivity contribution in [2.24, 2.45) is 0 Å². The zero-order valence-electron chi connectivity index (χ0n) is 9.24. The van der Waals surface area contributed by atoms with Crippen molar-refractivity contribution in [2.45, 2.75) is 13.8 Å². The smallest absolute Gasteiger partial charge is 0.344 e. The summed E-state index contributed by atoms with van der Waals surface area (Å²) in [4.78, 5) is 11.5. The van der Waals surface area contributed by atoms with Crippen molar-refractivity contribution in [1.29, 1.82) is 0 Å². The van der Waals surface area contributed by atoms with E-state index in [0.717, 1.165) is 5.57 Å². The minimum Gasteiger partial charge on any atom is -0.410 e. The first-order valence-corrected chi connectivity index (χ1v) is 5.25. The molecular weight excluding hydrogens is 224 g/mol. The molecule has 84 valence electrons. The van der Waals surface area contributed by atoms with E-state index in [1.165, 1.54) is 0 Å². The molecule has 0 amide bonds. The van der Waals surface area contributed by atoms with Gasteiger partial charge in [0.25, 0.3) is 0 Å². The van der Waals surface area contributed by atoms with Crippen molar-refractivity contribution in [1.82, 2.24) is 0 Å². The second-order valence-electron chi connectivity index (χ2n) is 3.47. The third-order valence-corrected chi connectivity index (χ3v) is 1.95. The van der Waals surface area contributed by atoms with Crippen LogP contribution < -0.4 is 0 Å². The molecule has 3 heteroatoms. The van der Waals surface area contributed by atoms with Gasteiger partial charge in [0.2, 0.25) is 0 Å². The van der Waals surface area contributed by atoms with Gasteiger partial charge in [-0.15, -0.1) is 0 Å². The van der Waals surface area contributed by atoms with E-state index < -0.39 is 5.97 Å². The van der Waals surface area contributed by atoms with Crippen LogP contribution in [0.1, 0.15) is 24.2 Å². The molecule has 0 heterocycles. The summed E-state index contributed by atoms with van der Waals surface area (Å²) in [6.45, 7) is 3.86. The number of benzene rings is 1. The summed E-state index contributed by atoms with van der Waals surface area (Å²) < 4.78 is 4.93. The summed E-state index contributed by atoms with van der Waals surface area (Å²) in [6.07, 6.45) is 3.33. The summed E-state index contributed by atoms with van der Waals surface area (Å²) in [5.41, 5.74) is 1.56. The number of esters is 1. The van der Waals surface area contributed by atoms with Crippen LogP contribution in [0, 0.1) is 0 Å². The number of hydrogen-bond acceptors (Lipinski definition) is 2. The molecule has 0 spiro atoms. The molecule has 0 radical (unpaired) electrons. The van der Waals surface area contributed by atoms with Crippen molar-refractivity contribution in [3.63, 3.8) is 0 Å². The third kappa shape index (κ3) is 4.32. The van der Waals surface area contributed by atoms with Crippen molar-refractivity contribution in [3.05, 3.63) is 58.8 Å². The quantitative estimate of drug-likeness (QED) is 0.452. The van der Waals surface area contributed by atoms with E-state index >= 15 is 0 Å². The van der Waals surface area contributed by atoms with Gasteiger partial charge >= 0.3 is 5.97 Å². The number of hydrogen-bond donors (Lipinski definition) is 0. The molecule has 0 aliphatic carbocycles. The number of allylic oxidation sites excluding steroid dienone is 3. The van der Waals surface area contributed by atoms with Crippen molar-refractivity contribution < 1.29 is 9.53 Å². The maximum absolute atomic E-state index is 11.5. The second kappa shape index (κ2) is 6.13. The zero-order chi connectivity index (χ0) is 12.0. The lowest BCUT2D eigenvalue weighted by Gasteiger charge is -2.01. The van der Waals surface area contributed by atoms with E-state index in [1.54, 1.807) is 36.4 Å². The van der Waals surface area contributed by atoms with Gasteiger partial charge in [-0.05, 0) is 43.7 Å². The molecule has 1 rings (SSSR count). The van der Waals surface area contributed by atoms with Gasteiger partial charge in [-0.1, -0.05) is 29.8 Å². The zero-order valence-corrected chi connectivity index (χ0v) is 9.99. The fourth-order valence-corrected chi connectivity index (χ4v) is 1.12. The third-order valence-electron chi connectivity index (χ3n) is 1.75. The standard InChI is InChI=1S/C13H13ClO2/c1-10(2)8-9-12(14)16-13(15)11-6-4-3-5-7-11/h3-9H,1-2H3/b12-9+. The van der Waals surface area contributed by atoms with Crippen LogP contribution in [0.5, 0.6) is 0 Å². The maximum atomic E-state index is 11.5. The van der Waals surface area contributed by atoms with Crippen LogP contribution in [-0.2, 0) is 4.74 Å². The Morgan fingerprint density at radius 3 is 2.38 bits per heavy atom. The Labute approximate surface area is 100 Å².